The van der Waals surface area contributed by atoms with Gasteiger partial charge in [-0.2, -0.15) is 0 Å². The van der Waals surface area contributed by atoms with E-state index in [9.17, 15) is 0 Å². The molecule has 1 aliphatic rings. The summed E-state index contributed by atoms with van der Waals surface area (Å²) in [7, 11) is 2.32. The fraction of sp³-hybridized carbons (Fsp3) is 1.00. The van der Waals surface area contributed by atoms with Gasteiger partial charge in [0, 0.05) is 0 Å². The first kappa shape index (κ1) is 6.09. The molecule has 1 heterocycles. The van der Waals surface area contributed by atoms with Crippen LogP contribution in [0.3, 0.4) is 0 Å². The van der Waals surface area contributed by atoms with Gasteiger partial charge in [0.15, 0.2) is 0 Å². The zero-order valence-electron chi connectivity index (χ0n) is 6.36. The molecule has 1 atom stereocenters. The van der Waals surface area contributed by atoms with Crippen LogP contribution in [0.1, 0.15) is 20.8 Å². The van der Waals surface area contributed by atoms with Crippen molar-refractivity contribution >= 4 is 0 Å². The van der Waals surface area contributed by atoms with E-state index in [0.717, 1.165) is 0 Å². The molecule has 0 saturated carbocycles. The summed E-state index contributed by atoms with van der Waals surface area (Å²) in [6.45, 7) is 9.57. The fourth-order valence-electron chi connectivity index (χ4n) is 1.36. The van der Waals surface area contributed by atoms with Crippen molar-refractivity contribution in [2.45, 2.75) is 26.3 Å². The maximum absolute atomic E-state index is 2.33. The van der Waals surface area contributed by atoms with Gasteiger partial charge in [-0.15, -0.1) is 0 Å². The summed E-state index contributed by atoms with van der Waals surface area (Å²) in [6, 6.07) is 0. The van der Waals surface area contributed by atoms with Crippen LogP contribution in [0.25, 0.3) is 0 Å². The molecule has 0 aromatic heterocycles. The van der Waals surface area contributed by atoms with Crippen molar-refractivity contribution in [2.24, 2.45) is 0 Å². The Hall–Kier alpha value is -0.0400. The van der Waals surface area contributed by atoms with Gasteiger partial charge in [0.2, 0.25) is 0 Å². The molecule has 0 aliphatic carbocycles. The molecule has 48 valence electrons. The molecule has 0 bridgehead atoms. The third-order valence-electron chi connectivity index (χ3n) is 2.79. The van der Waals surface area contributed by atoms with Crippen LogP contribution in [0.2, 0.25) is 0 Å². The van der Waals surface area contributed by atoms with Crippen LogP contribution in [0.4, 0.5) is 0 Å². The van der Waals surface area contributed by atoms with Crippen LogP contribution >= 0.6 is 0 Å². The van der Waals surface area contributed by atoms with Gasteiger partial charge in [-0.1, -0.05) is 0 Å². The Balaban J connectivity index is 2.55. The zero-order chi connectivity index (χ0) is 6.41. The summed E-state index contributed by atoms with van der Waals surface area (Å²) in [6.07, 6.45) is 0. The second-order valence-electron chi connectivity index (χ2n) is 3.68. The minimum Gasteiger partial charge on any atom is -0.312 e. The average Bonchev–Trinajstić information content (AvgIpc) is 2.10. The predicted octanol–water partition coefficient (Wildman–Crippen LogP) is 1.25. The Morgan fingerprint density at radius 2 is 1.88 bits per heavy atom. The molecule has 0 N–H and O–H groups in total. The molecule has 1 aliphatic heterocycles. The van der Waals surface area contributed by atoms with Crippen LogP contribution in [0.15, 0.2) is 0 Å². The fourth-order valence-corrected chi connectivity index (χ4v) is 1.36. The van der Waals surface area contributed by atoms with Gasteiger partial charge in [-0.05, 0) is 20.8 Å². The molecule has 1 heteroatoms. The molecule has 0 spiro atoms. The van der Waals surface area contributed by atoms with Gasteiger partial charge in [-0.3, -0.25) is 0 Å². The monoisotopic (exact) mass is 114 g/mol. The first-order valence-corrected chi connectivity index (χ1v) is 3.36. The van der Waals surface area contributed by atoms with Gasteiger partial charge in [0.1, 0.15) is 12.1 Å². The first-order valence-electron chi connectivity index (χ1n) is 3.36. The van der Waals surface area contributed by atoms with Gasteiger partial charge >= 0.3 is 0 Å². The van der Waals surface area contributed by atoms with Crippen molar-refractivity contribution in [1.29, 1.82) is 0 Å². The van der Waals surface area contributed by atoms with Gasteiger partial charge in [-0.25, -0.2) is 0 Å². The molecule has 0 aromatic carbocycles. The maximum atomic E-state index is 2.33. The standard InChI is InChI=1S/C7H16N/c1-5-8(4)6-7(8,2)3/h5-6H2,1-4H3/q+1. The lowest BCUT2D eigenvalue weighted by molar-refractivity contribution is -0.803. The lowest BCUT2D eigenvalue weighted by Gasteiger charge is -2.13. The molecule has 1 nitrogen and oxygen atoms in total. The van der Waals surface area contributed by atoms with E-state index in [-0.39, 0.29) is 0 Å². The SMILES string of the molecule is CC[N+]1(C)CC1(C)C. The molecule has 1 saturated heterocycles. The van der Waals surface area contributed by atoms with Crippen molar-refractivity contribution in [3.63, 3.8) is 0 Å². The van der Waals surface area contributed by atoms with Crippen molar-refractivity contribution < 1.29 is 4.48 Å². The minimum atomic E-state index is 0.592. The number of nitrogens with zero attached hydrogens (tertiary/aromatic N) is 1. The summed E-state index contributed by atoms with van der Waals surface area (Å²) in [5.41, 5.74) is 0.592. The van der Waals surface area contributed by atoms with Crippen molar-refractivity contribution in [3.8, 4) is 0 Å². The molecule has 8 heavy (non-hydrogen) atoms. The minimum absolute atomic E-state index is 0.592. The van der Waals surface area contributed by atoms with Gasteiger partial charge < -0.3 is 4.48 Å². The topological polar surface area (TPSA) is 0 Å². The van der Waals surface area contributed by atoms with Gasteiger partial charge in [0.25, 0.3) is 0 Å². The Labute approximate surface area is 51.9 Å². The van der Waals surface area contributed by atoms with Crippen LogP contribution in [0, 0.1) is 0 Å². The second kappa shape index (κ2) is 1.27. The highest BCUT2D eigenvalue weighted by Gasteiger charge is 2.57. The molecule has 1 fully saturated rings. The van der Waals surface area contributed by atoms with E-state index < -0.39 is 0 Å². The van der Waals surface area contributed by atoms with Crippen molar-refractivity contribution in [3.05, 3.63) is 0 Å². The van der Waals surface area contributed by atoms with Crippen LogP contribution in [0.5, 0.6) is 0 Å². The van der Waals surface area contributed by atoms with Gasteiger partial charge in [0.05, 0.1) is 13.6 Å². The summed E-state index contributed by atoms with van der Waals surface area (Å²) >= 11 is 0. The second-order valence-corrected chi connectivity index (χ2v) is 3.68. The lowest BCUT2D eigenvalue weighted by atomic mass is 10.2. The number of likely N-dealkylation sites (N-methyl/N-ethyl adjacent to an activating group) is 1. The quantitative estimate of drug-likeness (QED) is 0.355. The largest absolute Gasteiger partial charge is 0.312 e. The van der Waals surface area contributed by atoms with Crippen LogP contribution in [-0.2, 0) is 0 Å². The number of quaternary nitrogens is 1. The highest BCUT2D eigenvalue weighted by molar-refractivity contribution is 4.82. The normalized spacial score (nSPS) is 42.0. The third kappa shape index (κ3) is 0.576. The summed E-state index contributed by atoms with van der Waals surface area (Å²) in [4.78, 5) is 0. The molecule has 1 rings (SSSR count). The molecule has 1 unspecified atom stereocenters. The summed E-state index contributed by atoms with van der Waals surface area (Å²) in [5.74, 6) is 0. The number of hydrogen-bond donors (Lipinski definition) is 0. The van der Waals surface area contributed by atoms with Crippen molar-refractivity contribution in [1.82, 2.24) is 0 Å². The van der Waals surface area contributed by atoms with Crippen molar-refractivity contribution in [2.75, 3.05) is 20.1 Å². The average molecular weight is 114 g/mol. The van der Waals surface area contributed by atoms with E-state index in [2.05, 4.69) is 27.8 Å². The number of hydrogen-bond acceptors (Lipinski definition) is 0. The Bertz CT molecular complexity index is 107. The first-order chi connectivity index (χ1) is 3.52. The lowest BCUT2D eigenvalue weighted by Crippen LogP contribution is -2.27. The van der Waals surface area contributed by atoms with E-state index in [1.165, 1.54) is 17.6 Å². The summed E-state index contributed by atoms with van der Waals surface area (Å²) < 4.78 is 1.27. The zero-order valence-corrected chi connectivity index (χ0v) is 6.36. The highest BCUT2D eigenvalue weighted by Crippen LogP contribution is 2.38. The molecular formula is C7H16N+. The van der Waals surface area contributed by atoms with E-state index in [4.69, 9.17) is 0 Å². The molecule has 0 aromatic rings. The smallest absolute Gasteiger partial charge is 0.143 e. The predicted molar refractivity (Wildman–Crippen MR) is 35.7 cm³/mol. The van der Waals surface area contributed by atoms with E-state index in [1.807, 2.05) is 0 Å². The van der Waals surface area contributed by atoms with Crippen LogP contribution in [-0.4, -0.2) is 30.2 Å². The Morgan fingerprint density at radius 3 is 1.88 bits per heavy atom. The molecular weight excluding hydrogens is 98.1 g/mol. The Kier molecular flexibility index (Phi) is 0.965. The molecule has 0 radical (unpaired) electrons. The maximum Gasteiger partial charge on any atom is 0.143 e. The van der Waals surface area contributed by atoms with E-state index in [0.29, 0.717) is 5.54 Å². The number of rotatable bonds is 1. The Morgan fingerprint density at radius 1 is 1.50 bits per heavy atom. The summed E-state index contributed by atoms with van der Waals surface area (Å²) in [5, 5.41) is 0. The highest BCUT2D eigenvalue weighted by atomic mass is 15.5. The van der Waals surface area contributed by atoms with E-state index in [1.54, 1.807) is 0 Å². The van der Waals surface area contributed by atoms with E-state index >= 15 is 0 Å². The molecule has 0 amide bonds. The van der Waals surface area contributed by atoms with Crippen LogP contribution < -0.4 is 0 Å². The third-order valence-corrected chi connectivity index (χ3v) is 2.79.